The van der Waals surface area contributed by atoms with Gasteiger partial charge in [-0.2, -0.15) is 9.72 Å². The molecule has 0 unspecified atom stereocenters. The summed E-state index contributed by atoms with van der Waals surface area (Å²) in [5.74, 6) is 0.139. The third-order valence-corrected chi connectivity index (χ3v) is 1.38. The van der Waals surface area contributed by atoms with Crippen LogP contribution < -0.4 is 5.76 Å². The van der Waals surface area contributed by atoms with E-state index in [0.717, 1.165) is 0 Å². The molecule has 0 spiro atoms. The summed E-state index contributed by atoms with van der Waals surface area (Å²) >= 11 is 0. The quantitative estimate of drug-likeness (QED) is 0.554. The molecule has 1 aromatic rings. The van der Waals surface area contributed by atoms with Gasteiger partial charge in [0.25, 0.3) is 0 Å². The Kier molecular flexibility index (Phi) is 1.62. The summed E-state index contributed by atoms with van der Waals surface area (Å²) in [6, 6.07) is 0. The number of hydrogen-bond donors (Lipinski definition) is 0. The summed E-state index contributed by atoms with van der Waals surface area (Å²) in [4.78, 5) is 14.4. The molecule has 4 nitrogen and oxygen atoms in total. The number of hydrogen-bond acceptors (Lipinski definition) is 3. The van der Waals surface area contributed by atoms with Crippen molar-refractivity contribution in [3.05, 3.63) is 16.4 Å². The van der Waals surface area contributed by atoms with Crippen LogP contribution in [0.4, 0.5) is 0 Å². The molecular weight excluding hydrogens is 144 g/mol. The summed E-state index contributed by atoms with van der Waals surface area (Å²) in [6.45, 7) is 5.93. The molecule has 0 saturated heterocycles. The summed E-state index contributed by atoms with van der Waals surface area (Å²) in [6.07, 6.45) is 0. The molecule has 0 amide bonds. The molecule has 0 saturated carbocycles. The molecule has 11 heavy (non-hydrogen) atoms. The first-order valence-electron chi connectivity index (χ1n) is 3.46. The van der Waals surface area contributed by atoms with Gasteiger partial charge in [0.1, 0.15) is 0 Å². The fourth-order valence-corrected chi connectivity index (χ4v) is 0.978. The zero-order chi connectivity index (χ0) is 8.65. The second kappa shape index (κ2) is 2.22. The third kappa shape index (κ3) is 1.50. The van der Waals surface area contributed by atoms with Crippen LogP contribution in [0.3, 0.4) is 0 Å². The number of aromatic nitrogens is 2. The first-order valence-corrected chi connectivity index (χ1v) is 3.46. The molecule has 1 heterocycles. The molecule has 62 valence electrons. The van der Waals surface area contributed by atoms with Gasteiger partial charge in [-0.3, -0.25) is 0 Å². The predicted molar refractivity (Wildman–Crippen MR) is 40.4 cm³/mol. The standard InChI is InChI=1S/C7H12N2O2/c1-7(2,3)5-8-6(10)11-9(5)4/h1-4H3. The van der Waals surface area contributed by atoms with E-state index in [0.29, 0.717) is 5.82 Å². The SMILES string of the molecule is Cn1oc(=O)nc1C(C)(C)C. The van der Waals surface area contributed by atoms with Gasteiger partial charge in [-0.15, -0.1) is 0 Å². The second-order valence-electron chi connectivity index (χ2n) is 3.54. The van der Waals surface area contributed by atoms with Gasteiger partial charge in [0.2, 0.25) is 0 Å². The van der Waals surface area contributed by atoms with Gasteiger partial charge in [0.05, 0.1) is 0 Å². The molecule has 0 atom stereocenters. The molecule has 0 radical (unpaired) electrons. The normalized spacial score (nSPS) is 12.0. The Labute approximate surface area is 64.8 Å². The highest BCUT2D eigenvalue weighted by molar-refractivity contribution is 4.98. The second-order valence-corrected chi connectivity index (χ2v) is 3.54. The predicted octanol–water partition coefficient (Wildman–Crippen LogP) is 0.671. The molecule has 0 bridgehead atoms. The van der Waals surface area contributed by atoms with Crippen LogP contribution in [0.1, 0.15) is 26.6 Å². The van der Waals surface area contributed by atoms with Crippen molar-refractivity contribution in [2.75, 3.05) is 0 Å². The van der Waals surface area contributed by atoms with E-state index in [-0.39, 0.29) is 5.41 Å². The zero-order valence-electron chi connectivity index (χ0n) is 7.21. The number of rotatable bonds is 0. The van der Waals surface area contributed by atoms with E-state index in [1.54, 1.807) is 7.05 Å². The zero-order valence-corrected chi connectivity index (χ0v) is 7.21. The molecule has 1 aromatic heterocycles. The van der Waals surface area contributed by atoms with Crippen LogP contribution >= 0.6 is 0 Å². The minimum atomic E-state index is -0.530. The lowest BCUT2D eigenvalue weighted by atomic mass is 9.96. The van der Waals surface area contributed by atoms with Gasteiger partial charge in [-0.05, 0) is 0 Å². The lowest BCUT2D eigenvalue weighted by Gasteiger charge is -2.14. The Balaban J connectivity index is 3.24. The molecule has 4 heteroatoms. The van der Waals surface area contributed by atoms with Crippen molar-refractivity contribution in [1.29, 1.82) is 0 Å². The average molecular weight is 156 g/mol. The van der Waals surface area contributed by atoms with Gasteiger partial charge in [0.15, 0.2) is 5.82 Å². The highest BCUT2D eigenvalue weighted by atomic mass is 16.5. The average Bonchev–Trinajstić information content (AvgIpc) is 2.08. The minimum Gasteiger partial charge on any atom is -0.319 e. The van der Waals surface area contributed by atoms with E-state index >= 15 is 0 Å². The summed E-state index contributed by atoms with van der Waals surface area (Å²) in [7, 11) is 1.68. The maximum Gasteiger partial charge on any atom is 0.459 e. The van der Waals surface area contributed by atoms with Gasteiger partial charge in [-0.25, -0.2) is 4.79 Å². The molecule has 0 N–H and O–H groups in total. The summed E-state index contributed by atoms with van der Waals surface area (Å²) < 4.78 is 6.10. The van der Waals surface area contributed by atoms with E-state index in [1.165, 1.54) is 4.74 Å². The maximum absolute atomic E-state index is 10.7. The Morgan fingerprint density at radius 3 is 2.18 bits per heavy atom. The van der Waals surface area contributed by atoms with Gasteiger partial charge in [-0.1, -0.05) is 20.8 Å². The molecule has 0 aliphatic heterocycles. The van der Waals surface area contributed by atoms with E-state index in [2.05, 4.69) is 4.98 Å². The first kappa shape index (κ1) is 8.04. The third-order valence-electron chi connectivity index (χ3n) is 1.38. The van der Waals surface area contributed by atoms with Gasteiger partial charge in [0, 0.05) is 12.5 Å². The fraction of sp³-hybridized carbons (Fsp3) is 0.714. The molecule has 1 rings (SSSR count). The van der Waals surface area contributed by atoms with Crippen molar-refractivity contribution >= 4 is 0 Å². The van der Waals surface area contributed by atoms with Crippen molar-refractivity contribution in [2.45, 2.75) is 26.2 Å². The Morgan fingerprint density at radius 1 is 1.45 bits per heavy atom. The number of nitrogens with zero attached hydrogens (tertiary/aromatic N) is 2. The van der Waals surface area contributed by atoms with Crippen LogP contribution in [0, 0.1) is 0 Å². The highest BCUT2D eigenvalue weighted by Gasteiger charge is 2.21. The van der Waals surface area contributed by atoms with Crippen LogP contribution in [0.2, 0.25) is 0 Å². The lowest BCUT2D eigenvalue weighted by Crippen LogP contribution is -2.17. The van der Waals surface area contributed by atoms with Crippen LogP contribution in [0.25, 0.3) is 0 Å². The van der Waals surface area contributed by atoms with Crippen molar-refractivity contribution in [2.24, 2.45) is 7.05 Å². The van der Waals surface area contributed by atoms with Crippen LogP contribution in [-0.4, -0.2) is 9.72 Å². The largest absolute Gasteiger partial charge is 0.459 e. The fourth-order valence-electron chi connectivity index (χ4n) is 0.978. The molecule has 0 fully saturated rings. The van der Waals surface area contributed by atoms with Crippen LogP contribution in [0.5, 0.6) is 0 Å². The summed E-state index contributed by atoms with van der Waals surface area (Å²) in [5.41, 5.74) is -0.138. The lowest BCUT2D eigenvalue weighted by molar-refractivity contribution is 0.264. The number of aryl methyl sites for hydroxylation is 1. The van der Waals surface area contributed by atoms with E-state index in [4.69, 9.17) is 4.52 Å². The van der Waals surface area contributed by atoms with E-state index < -0.39 is 5.76 Å². The Hall–Kier alpha value is -1.06. The van der Waals surface area contributed by atoms with Crippen molar-refractivity contribution in [1.82, 2.24) is 9.72 Å². The Bertz CT molecular complexity index is 303. The smallest absolute Gasteiger partial charge is 0.319 e. The Morgan fingerprint density at radius 2 is 2.00 bits per heavy atom. The molecule has 0 aromatic carbocycles. The van der Waals surface area contributed by atoms with E-state index in [9.17, 15) is 4.79 Å². The van der Waals surface area contributed by atoms with Crippen LogP contribution in [0.15, 0.2) is 9.32 Å². The van der Waals surface area contributed by atoms with Gasteiger partial charge >= 0.3 is 5.76 Å². The van der Waals surface area contributed by atoms with E-state index in [1.807, 2.05) is 20.8 Å². The molecular formula is C7H12N2O2. The van der Waals surface area contributed by atoms with Crippen LogP contribution in [-0.2, 0) is 12.5 Å². The van der Waals surface area contributed by atoms with Crippen molar-refractivity contribution in [3.63, 3.8) is 0 Å². The molecule has 0 aliphatic carbocycles. The highest BCUT2D eigenvalue weighted by Crippen LogP contribution is 2.17. The minimum absolute atomic E-state index is 0.138. The maximum atomic E-state index is 10.7. The topological polar surface area (TPSA) is 48.0 Å². The van der Waals surface area contributed by atoms with Crippen molar-refractivity contribution < 1.29 is 4.52 Å². The van der Waals surface area contributed by atoms with Crippen molar-refractivity contribution in [3.8, 4) is 0 Å². The van der Waals surface area contributed by atoms with Gasteiger partial charge < -0.3 is 4.52 Å². The molecule has 0 aliphatic rings. The summed E-state index contributed by atoms with van der Waals surface area (Å²) in [5, 5.41) is 0. The monoisotopic (exact) mass is 156 g/mol. The first-order chi connectivity index (χ1) is 4.91.